The Kier molecular flexibility index (Phi) is 3.91. The van der Waals surface area contributed by atoms with E-state index in [0.29, 0.717) is 5.75 Å². The van der Waals surface area contributed by atoms with Gasteiger partial charge in [-0.1, -0.05) is 51.1 Å². The maximum Gasteiger partial charge on any atom is 0.132 e. The first-order chi connectivity index (χ1) is 9.00. The van der Waals surface area contributed by atoms with Crippen LogP contribution < -0.4 is 4.74 Å². The third-order valence-corrected chi connectivity index (χ3v) is 3.07. The molecule has 0 aliphatic heterocycles. The molecule has 0 heterocycles. The minimum atomic E-state index is -0.0187. The highest BCUT2D eigenvalue weighted by Crippen LogP contribution is 2.29. The van der Waals surface area contributed by atoms with E-state index >= 15 is 0 Å². The third-order valence-electron chi connectivity index (χ3n) is 3.07. The summed E-state index contributed by atoms with van der Waals surface area (Å²) in [6.45, 7) is 6.50. The van der Waals surface area contributed by atoms with Gasteiger partial charge in [-0.25, -0.2) is 0 Å². The highest BCUT2D eigenvalue weighted by atomic mass is 16.5. The van der Waals surface area contributed by atoms with Crippen molar-refractivity contribution >= 4 is 0 Å². The van der Waals surface area contributed by atoms with E-state index in [1.165, 1.54) is 5.56 Å². The zero-order chi connectivity index (χ0) is 13.9. The van der Waals surface area contributed by atoms with Gasteiger partial charge in [-0.15, -0.1) is 0 Å². The molecule has 0 atom stereocenters. The molecule has 0 amide bonds. The molecule has 0 saturated carbocycles. The molecule has 2 aromatic carbocycles. The Balaban J connectivity index is 2.29. The maximum absolute atomic E-state index is 9.30. The Morgan fingerprint density at radius 1 is 1.00 bits per heavy atom. The number of benzene rings is 2. The monoisotopic (exact) mass is 256 g/mol. The molecule has 0 aliphatic carbocycles. The molecule has 2 aromatic rings. The lowest BCUT2D eigenvalue weighted by Crippen LogP contribution is -2.10. The van der Waals surface area contributed by atoms with Crippen molar-refractivity contribution in [1.82, 2.24) is 0 Å². The van der Waals surface area contributed by atoms with E-state index < -0.39 is 0 Å². The summed E-state index contributed by atoms with van der Waals surface area (Å²) in [6, 6.07) is 15.6. The van der Waals surface area contributed by atoms with E-state index in [4.69, 9.17) is 4.74 Å². The van der Waals surface area contributed by atoms with E-state index in [2.05, 4.69) is 26.8 Å². The second kappa shape index (κ2) is 5.45. The van der Waals surface area contributed by atoms with Crippen LogP contribution in [0.15, 0.2) is 48.5 Å². The predicted molar refractivity (Wildman–Crippen MR) is 77.6 cm³/mol. The molecule has 0 aliphatic rings. The number of hydrogen-bond donors (Lipinski definition) is 1. The molecule has 0 saturated heterocycles. The van der Waals surface area contributed by atoms with Crippen molar-refractivity contribution in [2.24, 2.45) is 0 Å². The van der Waals surface area contributed by atoms with Crippen LogP contribution >= 0.6 is 0 Å². The summed E-state index contributed by atoms with van der Waals surface area (Å²) in [4.78, 5) is 0. The molecular formula is C17H20O2. The van der Waals surface area contributed by atoms with Crippen LogP contribution in [0, 0.1) is 0 Å². The number of hydrogen-bond acceptors (Lipinski definition) is 2. The number of ether oxygens (including phenoxy) is 1. The second-order valence-electron chi connectivity index (χ2n) is 5.65. The molecular weight excluding hydrogens is 236 g/mol. The highest BCUT2D eigenvalue weighted by molar-refractivity contribution is 5.39. The van der Waals surface area contributed by atoms with Gasteiger partial charge in [0.05, 0.1) is 6.61 Å². The van der Waals surface area contributed by atoms with Gasteiger partial charge < -0.3 is 9.84 Å². The Morgan fingerprint density at radius 2 is 1.74 bits per heavy atom. The number of aliphatic hydroxyl groups excluding tert-OH is 1. The molecule has 100 valence electrons. The molecule has 2 heteroatoms. The Labute approximate surface area is 114 Å². The third kappa shape index (κ3) is 3.36. The first-order valence-corrected chi connectivity index (χ1v) is 6.48. The molecule has 19 heavy (non-hydrogen) atoms. The molecule has 0 spiro atoms. The molecule has 0 aromatic heterocycles. The first kappa shape index (κ1) is 13.6. The van der Waals surface area contributed by atoms with Crippen LogP contribution in [-0.2, 0) is 12.0 Å². The summed E-state index contributed by atoms with van der Waals surface area (Å²) < 4.78 is 5.88. The van der Waals surface area contributed by atoms with Crippen LogP contribution in [0.2, 0.25) is 0 Å². The molecule has 2 rings (SSSR count). The summed E-state index contributed by atoms with van der Waals surface area (Å²) in [7, 11) is 0. The Bertz CT molecular complexity index is 553. The second-order valence-corrected chi connectivity index (χ2v) is 5.65. The number of para-hydroxylation sites is 1. The van der Waals surface area contributed by atoms with Gasteiger partial charge in [0.2, 0.25) is 0 Å². The van der Waals surface area contributed by atoms with Crippen molar-refractivity contribution in [3.8, 4) is 11.5 Å². The maximum atomic E-state index is 9.30. The van der Waals surface area contributed by atoms with Gasteiger partial charge in [0.15, 0.2) is 0 Å². The summed E-state index contributed by atoms with van der Waals surface area (Å²) in [5.41, 5.74) is 2.12. The van der Waals surface area contributed by atoms with Gasteiger partial charge in [0, 0.05) is 5.56 Å². The lowest BCUT2D eigenvalue weighted by Gasteiger charge is -2.20. The van der Waals surface area contributed by atoms with Crippen molar-refractivity contribution in [3.05, 3.63) is 59.7 Å². The fourth-order valence-electron chi connectivity index (χ4n) is 1.89. The smallest absolute Gasteiger partial charge is 0.132 e. The Morgan fingerprint density at radius 3 is 2.42 bits per heavy atom. The van der Waals surface area contributed by atoms with Crippen LogP contribution in [0.1, 0.15) is 31.9 Å². The van der Waals surface area contributed by atoms with E-state index in [9.17, 15) is 5.11 Å². The van der Waals surface area contributed by atoms with Gasteiger partial charge in [-0.3, -0.25) is 0 Å². The lowest BCUT2D eigenvalue weighted by atomic mass is 9.87. The summed E-state index contributed by atoms with van der Waals surface area (Å²) in [6.07, 6.45) is 0. The van der Waals surface area contributed by atoms with Crippen LogP contribution in [0.25, 0.3) is 0 Å². The normalized spacial score (nSPS) is 11.4. The molecule has 1 N–H and O–H groups in total. The van der Waals surface area contributed by atoms with Gasteiger partial charge in [-0.05, 0) is 29.2 Å². The van der Waals surface area contributed by atoms with E-state index in [1.54, 1.807) is 0 Å². The van der Waals surface area contributed by atoms with Gasteiger partial charge >= 0.3 is 0 Å². The van der Waals surface area contributed by atoms with Crippen molar-refractivity contribution in [1.29, 1.82) is 0 Å². The molecule has 0 bridgehead atoms. The van der Waals surface area contributed by atoms with Crippen LogP contribution in [0.5, 0.6) is 11.5 Å². The fourth-order valence-corrected chi connectivity index (χ4v) is 1.89. The quantitative estimate of drug-likeness (QED) is 0.888. The van der Waals surface area contributed by atoms with Crippen LogP contribution in [0.4, 0.5) is 0 Å². The van der Waals surface area contributed by atoms with Crippen molar-refractivity contribution in [2.75, 3.05) is 0 Å². The van der Waals surface area contributed by atoms with E-state index in [0.717, 1.165) is 11.3 Å². The Hall–Kier alpha value is -1.80. The summed E-state index contributed by atoms with van der Waals surface area (Å²) in [5, 5.41) is 9.30. The van der Waals surface area contributed by atoms with Crippen molar-refractivity contribution in [2.45, 2.75) is 32.8 Å². The van der Waals surface area contributed by atoms with E-state index in [-0.39, 0.29) is 12.0 Å². The highest BCUT2D eigenvalue weighted by Gasteiger charge is 2.14. The minimum Gasteiger partial charge on any atom is -0.457 e. The fraction of sp³-hybridized carbons (Fsp3) is 0.294. The van der Waals surface area contributed by atoms with Gasteiger partial charge in [0.1, 0.15) is 11.5 Å². The summed E-state index contributed by atoms with van der Waals surface area (Å²) in [5.74, 6) is 1.50. The standard InChI is InChI=1S/C17H20O2/c1-17(2,3)14-8-6-9-15(11-14)19-16-10-5-4-7-13(16)12-18/h4-11,18H,12H2,1-3H3. The lowest BCUT2D eigenvalue weighted by molar-refractivity contribution is 0.276. The largest absolute Gasteiger partial charge is 0.457 e. The van der Waals surface area contributed by atoms with Gasteiger partial charge in [0.25, 0.3) is 0 Å². The average Bonchev–Trinajstić information content (AvgIpc) is 2.39. The molecule has 0 fully saturated rings. The van der Waals surface area contributed by atoms with Crippen molar-refractivity contribution in [3.63, 3.8) is 0 Å². The topological polar surface area (TPSA) is 29.5 Å². The minimum absolute atomic E-state index is 0.0187. The van der Waals surface area contributed by atoms with Crippen LogP contribution in [-0.4, -0.2) is 5.11 Å². The average molecular weight is 256 g/mol. The summed E-state index contributed by atoms with van der Waals surface area (Å²) >= 11 is 0. The first-order valence-electron chi connectivity index (χ1n) is 6.48. The zero-order valence-electron chi connectivity index (χ0n) is 11.7. The van der Waals surface area contributed by atoms with Gasteiger partial charge in [-0.2, -0.15) is 0 Å². The molecule has 0 unspecified atom stereocenters. The molecule has 0 radical (unpaired) electrons. The van der Waals surface area contributed by atoms with Crippen molar-refractivity contribution < 1.29 is 9.84 Å². The van der Waals surface area contributed by atoms with Crippen LogP contribution in [0.3, 0.4) is 0 Å². The number of aliphatic hydroxyl groups is 1. The van der Waals surface area contributed by atoms with E-state index in [1.807, 2.05) is 42.5 Å². The predicted octanol–water partition coefficient (Wildman–Crippen LogP) is 4.27. The zero-order valence-corrected chi connectivity index (χ0v) is 11.7. The molecule has 2 nitrogen and oxygen atoms in total. The number of rotatable bonds is 3. The SMILES string of the molecule is CC(C)(C)c1cccc(Oc2ccccc2CO)c1.